The van der Waals surface area contributed by atoms with Crippen molar-refractivity contribution in [1.82, 2.24) is 10.2 Å². The van der Waals surface area contributed by atoms with Gasteiger partial charge in [-0.25, -0.2) is 0 Å². The summed E-state index contributed by atoms with van der Waals surface area (Å²) in [5, 5.41) is 3.27. The summed E-state index contributed by atoms with van der Waals surface area (Å²) in [6.45, 7) is 6.02. The molecular weight excluding hydrogens is 316 g/mol. The molecule has 2 aliphatic heterocycles. The Balaban J connectivity index is 0.00000192. The Morgan fingerprint density at radius 1 is 1.13 bits per heavy atom. The Hall–Kier alpha value is -0.360. The van der Waals surface area contributed by atoms with Crippen molar-refractivity contribution in [2.24, 2.45) is 5.92 Å². The molecule has 1 N–H and O–H groups in total. The van der Waals surface area contributed by atoms with Crippen molar-refractivity contribution in [3.8, 4) is 0 Å². The highest BCUT2D eigenvalue weighted by atomic mass is 35.5. The maximum atomic E-state index is 13.0. The molecule has 134 valence electrons. The van der Waals surface area contributed by atoms with Gasteiger partial charge in [-0.2, -0.15) is 0 Å². The molecule has 1 amide bonds. The van der Waals surface area contributed by atoms with Gasteiger partial charge in [-0.3, -0.25) is 4.79 Å². The van der Waals surface area contributed by atoms with E-state index in [0.29, 0.717) is 19.2 Å². The lowest BCUT2D eigenvalue weighted by Crippen LogP contribution is -2.54. The molecule has 0 spiro atoms. The number of carbonyl (C=O) groups is 1. The molecule has 3 fully saturated rings. The number of hydrogen-bond donors (Lipinski definition) is 1. The van der Waals surface area contributed by atoms with Crippen molar-refractivity contribution < 1.29 is 14.3 Å². The Morgan fingerprint density at radius 3 is 2.52 bits per heavy atom. The molecule has 6 heteroatoms. The Kier molecular flexibility index (Phi) is 7.60. The lowest BCUT2D eigenvalue weighted by atomic mass is 9.86. The molecule has 3 rings (SSSR count). The fourth-order valence-corrected chi connectivity index (χ4v) is 3.89. The summed E-state index contributed by atoms with van der Waals surface area (Å²) in [7, 11) is 0. The van der Waals surface area contributed by atoms with Crippen molar-refractivity contribution in [1.29, 1.82) is 0 Å². The summed E-state index contributed by atoms with van der Waals surface area (Å²) >= 11 is 0. The lowest BCUT2D eigenvalue weighted by Gasteiger charge is -2.39. The third-order valence-electron chi connectivity index (χ3n) is 5.34. The van der Waals surface area contributed by atoms with Crippen LogP contribution in [0.3, 0.4) is 0 Å². The van der Waals surface area contributed by atoms with Crippen molar-refractivity contribution in [3.63, 3.8) is 0 Å². The highest BCUT2D eigenvalue weighted by Crippen LogP contribution is 2.29. The van der Waals surface area contributed by atoms with E-state index in [0.717, 1.165) is 51.3 Å². The largest absolute Gasteiger partial charge is 0.376 e. The number of nitrogens with one attached hydrogen (secondary N) is 1. The number of amides is 1. The van der Waals surface area contributed by atoms with Crippen LogP contribution in [0.1, 0.15) is 45.4 Å². The molecule has 0 bridgehead atoms. The van der Waals surface area contributed by atoms with E-state index < -0.39 is 0 Å². The van der Waals surface area contributed by atoms with Crippen LogP contribution in [0.2, 0.25) is 0 Å². The van der Waals surface area contributed by atoms with Gasteiger partial charge in [-0.05, 0) is 44.4 Å². The van der Waals surface area contributed by atoms with Crippen molar-refractivity contribution in [3.05, 3.63) is 0 Å². The van der Waals surface area contributed by atoms with Gasteiger partial charge in [0.15, 0.2) is 0 Å². The predicted octanol–water partition coefficient (Wildman–Crippen LogP) is 1.98. The van der Waals surface area contributed by atoms with E-state index in [1.807, 2.05) is 0 Å². The average Bonchev–Trinajstić information content (AvgIpc) is 3.07. The molecule has 0 aromatic heterocycles. The number of halogens is 1. The quantitative estimate of drug-likeness (QED) is 0.845. The smallest absolute Gasteiger partial charge is 0.253 e. The standard InChI is InChI=1S/C17H30N2O3.ClH/c1-13-4-6-14(7-5-13)19(12-15-3-2-9-21-15)17(20)16-11-18-8-10-22-16;/h13-16,18H,2-12H2,1H3;1H. The van der Waals surface area contributed by atoms with E-state index in [2.05, 4.69) is 17.1 Å². The third kappa shape index (κ3) is 5.05. The first kappa shape index (κ1) is 19.0. The fourth-order valence-electron chi connectivity index (χ4n) is 3.89. The zero-order valence-electron chi connectivity index (χ0n) is 14.2. The van der Waals surface area contributed by atoms with E-state index in [4.69, 9.17) is 9.47 Å². The van der Waals surface area contributed by atoms with Crippen LogP contribution < -0.4 is 5.32 Å². The van der Waals surface area contributed by atoms with E-state index in [1.165, 1.54) is 12.8 Å². The van der Waals surface area contributed by atoms with E-state index in [9.17, 15) is 4.79 Å². The Bertz CT molecular complexity index is 363. The lowest BCUT2D eigenvalue weighted by molar-refractivity contribution is -0.150. The molecule has 3 aliphatic rings. The minimum atomic E-state index is -0.311. The molecule has 2 saturated heterocycles. The predicted molar refractivity (Wildman–Crippen MR) is 92.0 cm³/mol. The SMILES string of the molecule is CC1CCC(N(CC2CCCO2)C(=O)C2CNCCO2)CC1.Cl. The van der Waals surface area contributed by atoms with Gasteiger partial charge >= 0.3 is 0 Å². The summed E-state index contributed by atoms with van der Waals surface area (Å²) in [4.78, 5) is 15.1. The van der Waals surface area contributed by atoms with Gasteiger partial charge in [0.25, 0.3) is 5.91 Å². The van der Waals surface area contributed by atoms with Crippen LogP contribution >= 0.6 is 12.4 Å². The topological polar surface area (TPSA) is 50.8 Å². The second kappa shape index (κ2) is 9.21. The first-order chi connectivity index (χ1) is 10.7. The van der Waals surface area contributed by atoms with Crippen LogP contribution in [0.4, 0.5) is 0 Å². The second-order valence-corrected chi connectivity index (χ2v) is 7.10. The summed E-state index contributed by atoms with van der Waals surface area (Å²) in [6, 6.07) is 0.374. The molecule has 23 heavy (non-hydrogen) atoms. The summed E-state index contributed by atoms with van der Waals surface area (Å²) in [6.07, 6.45) is 6.81. The minimum Gasteiger partial charge on any atom is -0.376 e. The van der Waals surface area contributed by atoms with Gasteiger partial charge in [0.1, 0.15) is 6.10 Å². The zero-order valence-corrected chi connectivity index (χ0v) is 15.0. The first-order valence-electron chi connectivity index (χ1n) is 8.98. The van der Waals surface area contributed by atoms with E-state index in [-0.39, 0.29) is 30.5 Å². The Labute approximate surface area is 145 Å². The summed E-state index contributed by atoms with van der Waals surface area (Å²) < 4.78 is 11.5. The molecule has 1 aliphatic carbocycles. The molecule has 2 heterocycles. The highest BCUT2D eigenvalue weighted by Gasteiger charge is 2.35. The molecule has 5 nitrogen and oxygen atoms in total. The molecule has 0 radical (unpaired) electrons. The van der Waals surface area contributed by atoms with Gasteiger partial charge < -0.3 is 19.7 Å². The number of ether oxygens (including phenoxy) is 2. The number of nitrogens with zero attached hydrogens (tertiary/aromatic N) is 1. The molecule has 1 saturated carbocycles. The molecule has 0 aromatic rings. The van der Waals surface area contributed by atoms with Crippen LogP contribution in [0.25, 0.3) is 0 Å². The van der Waals surface area contributed by atoms with Gasteiger partial charge in [-0.15, -0.1) is 12.4 Å². The van der Waals surface area contributed by atoms with E-state index >= 15 is 0 Å². The molecular formula is C17H31ClN2O3. The highest BCUT2D eigenvalue weighted by molar-refractivity contribution is 5.85. The normalized spacial score (nSPS) is 34.7. The zero-order chi connectivity index (χ0) is 15.4. The Morgan fingerprint density at radius 2 is 1.91 bits per heavy atom. The first-order valence-corrected chi connectivity index (χ1v) is 8.98. The maximum absolute atomic E-state index is 13.0. The van der Waals surface area contributed by atoms with Crippen LogP contribution in [0.15, 0.2) is 0 Å². The number of carbonyl (C=O) groups excluding carboxylic acids is 1. The van der Waals surface area contributed by atoms with Crippen LogP contribution in [0.5, 0.6) is 0 Å². The summed E-state index contributed by atoms with van der Waals surface area (Å²) in [5.74, 6) is 0.964. The van der Waals surface area contributed by atoms with Crippen LogP contribution in [-0.4, -0.2) is 61.9 Å². The van der Waals surface area contributed by atoms with Crippen molar-refractivity contribution in [2.45, 2.75) is 63.7 Å². The molecule has 2 unspecified atom stereocenters. The monoisotopic (exact) mass is 346 g/mol. The molecule has 0 aromatic carbocycles. The van der Waals surface area contributed by atoms with Crippen molar-refractivity contribution >= 4 is 18.3 Å². The second-order valence-electron chi connectivity index (χ2n) is 7.10. The third-order valence-corrected chi connectivity index (χ3v) is 5.34. The van der Waals surface area contributed by atoms with Crippen molar-refractivity contribution in [2.75, 3.05) is 32.8 Å². The van der Waals surface area contributed by atoms with Gasteiger partial charge in [0, 0.05) is 32.3 Å². The van der Waals surface area contributed by atoms with E-state index in [1.54, 1.807) is 0 Å². The minimum absolute atomic E-state index is 0. The average molecular weight is 347 g/mol. The summed E-state index contributed by atoms with van der Waals surface area (Å²) in [5.41, 5.74) is 0. The number of hydrogen-bond acceptors (Lipinski definition) is 4. The van der Waals surface area contributed by atoms with Crippen LogP contribution in [0, 0.1) is 5.92 Å². The van der Waals surface area contributed by atoms with Gasteiger partial charge in [-0.1, -0.05) is 6.92 Å². The molecule has 2 atom stereocenters. The van der Waals surface area contributed by atoms with Gasteiger partial charge in [0.2, 0.25) is 0 Å². The fraction of sp³-hybridized carbons (Fsp3) is 0.941. The maximum Gasteiger partial charge on any atom is 0.253 e. The van der Waals surface area contributed by atoms with Crippen LogP contribution in [-0.2, 0) is 14.3 Å². The number of morpholine rings is 1. The number of rotatable bonds is 4. The van der Waals surface area contributed by atoms with Gasteiger partial charge in [0.05, 0.1) is 12.7 Å².